The van der Waals surface area contributed by atoms with E-state index in [4.69, 9.17) is 0 Å². The Bertz CT molecular complexity index is 1500. The lowest BCUT2D eigenvalue weighted by molar-refractivity contribution is -0.117. The van der Waals surface area contributed by atoms with Crippen molar-refractivity contribution in [2.24, 2.45) is 0 Å². The van der Waals surface area contributed by atoms with Crippen LogP contribution in [-0.2, 0) is 9.59 Å². The number of carbonyl (C=O) groups excluding carboxylic acids is 4. The molecule has 4 aromatic rings. The second-order valence-corrected chi connectivity index (χ2v) is 11.3. The molecule has 0 saturated carbocycles. The number of nitrogens with one attached hydrogen (secondary N) is 2. The monoisotopic (exact) mass is 632 g/mol. The lowest BCUT2D eigenvalue weighted by atomic mass is 10.1. The molecule has 4 aromatic carbocycles. The zero-order chi connectivity index (χ0) is 33.4. The first kappa shape index (κ1) is 34.6. The molecule has 0 aliphatic heterocycles. The summed E-state index contributed by atoms with van der Waals surface area (Å²) < 4.78 is 0. The van der Waals surface area contributed by atoms with Gasteiger partial charge in [0, 0.05) is 59.8 Å². The number of para-hydroxylation sites is 2. The van der Waals surface area contributed by atoms with E-state index in [2.05, 4.69) is 10.6 Å². The molecule has 4 rings (SSSR count). The van der Waals surface area contributed by atoms with E-state index in [9.17, 15) is 19.2 Å². The Morgan fingerprint density at radius 2 is 0.872 bits per heavy atom. The molecule has 8 heteroatoms. The minimum absolute atomic E-state index is 0.0871. The van der Waals surface area contributed by atoms with Crippen LogP contribution in [0.5, 0.6) is 0 Å². The van der Waals surface area contributed by atoms with Gasteiger partial charge in [-0.2, -0.15) is 0 Å². The van der Waals surface area contributed by atoms with Gasteiger partial charge in [-0.1, -0.05) is 67.8 Å². The zero-order valence-corrected chi connectivity index (χ0v) is 27.3. The highest BCUT2D eigenvalue weighted by Crippen LogP contribution is 2.21. The minimum atomic E-state index is -0.116. The maximum Gasteiger partial charge on any atom is 0.258 e. The van der Waals surface area contributed by atoms with Crippen molar-refractivity contribution < 1.29 is 19.2 Å². The van der Waals surface area contributed by atoms with Gasteiger partial charge >= 0.3 is 0 Å². The van der Waals surface area contributed by atoms with Crippen LogP contribution in [-0.4, -0.2) is 36.7 Å². The smallest absolute Gasteiger partial charge is 0.258 e. The topological polar surface area (TPSA) is 98.8 Å². The average molecular weight is 633 g/mol. The van der Waals surface area contributed by atoms with Gasteiger partial charge in [0.1, 0.15) is 0 Å². The molecule has 244 valence electrons. The van der Waals surface area contributed by atoms with Crippen LogP contribution in [0.1, 0.15) is 79.5 Å². The van der Waals surface area contributed by atoms with Crippen molar-refractivity contribution in [2.45, 2.75) is 58.8 Å². The normalized spacial score (nSPS) is 10.6. The van der Waals surface area contributed by atoms with E-state index in [-0.39, 0.29) is 23.6 Å². The molecule has 4 amide bonds. The standard InChI is InChI=1S/C39H44N4O4/c1-3-42(34-22-10-8-11-23-34)38(46)30-18-16-20-32(28-30)40-36(44)26-14-6-5-7-15-27-37(45)41-33-21-17-19-31(29-33)39(47)43(4-2)35-24-12-9-13-25-35/h8-13,16-25,28-29H,3-7,14-15,26-27H2,1-2H3,(H,40,44)(H,41,45). The van der Waals surface area contributed by atoms with Crippen molar-refractivity contribution in [3.8, 4) is 0 Å². The van der Waals surface area contributed by atoms with Crippen LogP contribution in [0, 0.1) is 0 Å². The van der Waals surface area contributed by atoms with Gasteiger partial charge < -0.3 is 20.4 Å². The van der Waals surface area contributed by atoms with Gasteiger partial charge in [0.2, 0.25) is 11.8 Å². The average Bonchev–Trinajstić information content (AvgIpc) is 3.09. The van der Waals surface area contributed by atoms with Gasteiger partial charge in [-0.3, -0.25) is 19.2 Å². The lowest BCUT2D eigenvalue weighted by Gasteiger charge is -2.21. The van der Waals surface area contributed by atoms with Crippen LogP contribution < -0.4 is 20.4 Å². The third-order valence-electron chi connectivity index (χ3n) is 7.85. The van der Waals surface area contributed by atoms with E-state index in [0.717, 1.165) is 43.5 Å². The first-order valence-electron chi connectivity index (χ1n) is 16.4. The molecule has 0 aliphatic rings. The number of unbranched alkanes of at least 4 members (excludes halogenated alkanes) is 4. The molecule has 0 aromatic heterocycles. The molecular weight excluding hydrogens is 588 g/mol. The summed E-state index contributed by atoms with van der Waals surface area (Å²) in [5, 5.41) is 5.83. The van der Waals surface area contributed by atoms with Crippen LogP contribution in [0.3, 0.4) is 0 Å². The number of nitrogens with zero attached hydrogens (tertiary/aromatic N) is 2. The molecule has 0 saturated heterocycles. The van der Waals surface area contributed by atoms with E-state index >= 15 is 0 Å². The van der Waals surface area contributed by atoms with Crippen molar-refractivity contribution in [3.05, 3.63) is 120 Å². The largest absolute Gasteiger partial charge is 0.326 e. The minimum Gasteiger partial charge on any atom is -0.326 e. The van der Waals surface area contributed by atoms with Gasteiger partial charge in [-0.15, -0.1) is 0 Å². The maximum absolute atomic E-state index is 13.1. The van der Waals surface area contributed by atoms with Gasteiger partial charge in [-0.05, 0) is 87.4 Å². The van der Waals surface area contributed by atoms with Crippen molar-refractivity contribution in [1.82, 2.24) is 0 Å². The summed E-state index contributed by atoms with van der Waals surface area (Å²) in [6.45, 7) is 4.94. The summed E-state index contributed by atoms with van der Waals surface area (Å²) in [6, 6.07) is 33.1. The molecule has 0 radical (unpaired) electrons. The summed E-state index contributed by atoms with van der Waals surface area (Å²) in [4.78, 5) is 54.8. The summed E-state index contributed by atoms with van der Waals surface area (Å²) >= 11 is 0. The molecule has 0 atom stereocenters. The zero-order valence-electron chi connectivity index (χ0n) is 27.3. The Labute approximate surface area is 277 Å². The fourth-order valence-electron chi connectivity index (χ4n) is 5.42. The molecule has 0 bridgehead atoms. The summed E-state index contributed by atoms with van der Waals surface area (Å²) in [5.41, 5.74) is 3.90. The highest BCUT2D eigenvalue weighted by Gasteiger charge is 2.18. The summed E-state index contributed by atoms with van der Waals surface area (Å²) in [7, 11) is 0. The Morgan fingerprint density at radius 1 is 0.489 bits per heavy atom. The Morgan fingerprint density at radius 3 is 1.26 bits per heavy atom. The summed E-state index contributed by atoms with van der Waals surface area (Å²) in [5.74, 6) is -0.407. The highest BCUT2D eigenvalue weighted by molar-refractivity contribution is 6.08. The number of hydrogen-bond donors (Lipinski definition) is 2. The maximum atomic E-state index is 13.1. The molecule has 0 heterocycles. The van der Waals surface area contributed by atoms with Crippen molar-refractivity contribution in [1.29, 1.82) is 0 Å². The van der Waals surface area contributed by atoms with Crippen molar-refractivity contribution in [3.63, 3.8) is 0 Å². The van der Waals surface area contributed by atoms with Crippen molar-refractivity contribution >= 4 is 46.4 Å². The quantitative estimate of drug-likeness (QED) is 0.121. The van der Waals surface area contributed by atoms with E-state index < -0.39 is 0 Å². The number of benzene rings is 4. The molecule has 2 N–H and O–H groups in total. The number of carbonyl (C=O) groups is 4. The van der Waals surface area contributed by atoms with E-state index in [1.807, 2.05) is 74.5 Å². The molecule has 0 fully saturated rings. The fourth-order valence-corrected chi connectivity index (χ4v) is 5.42. The van der Waals surface area contributed by atoms with E-state index in [1.165, 1.54) is 0 Å². The molecule has 8 nitrogen and oxygen atoms in total. The molecule has 47 heavy (non-hydrogen) atoms. The Hall–Kier alpha value is -5.24. The van der Waals surface area contributed by atoms with E-state index in [1.54, 1.807) is 58.3 Å². The highest BCUT2D eigenvalue weighted by atomic mass is 16.2. The third kappa shape index (κ3) is 10.4. The molecule has 0 unspecified atom stereocenters. The number of hydrogen-bond acceptors (Lipinski definition) is 4. The van der Waals surface area contributed by atoms with Crippen LogP contribution in [0.25, 0.3) is 0 Å². The van der Waals surface area contributed by atoms with Gasteiger partial charge in [-0.25, -0.2) is 0 Å². The number of anilines is 4. The van der Waals surface area contributed by atoms with Crippen LogP contribution >= 0.6 is 0 Å². The third-order valence-corrected chi connectivity index (χ3v) is 7.85. The van der Waals surface area contributed by atoms with Gasteiger partial charge in [0.05, 0.1) is 0 Å². The van der Waals surface area contributed by atoms with Gasteiger partial charge in [0.15, 0.2) is 0 Å². The molecule has 0 aliphatic carbocycles. The van der Waals surface area contributed by atoms with Crippen molar-refractivity contribution in [2.75, 3.05) is 33.5 Å². The Balaban J connectivity index is 1.13. The van der Waals surface area contributed by atoms with E-state index in [0.29, 0.717) is 48.4 Å². The SMILES string of the molecule is CCN(C(=O)c1cccc(NC(=O)CCCCCCCC(=O)Nc2cccc(C(=O)N(CC)c3ccccc3)c2)c1)c1ccccc1. The fraction of sp³-hybridized carbons (Fsp3) is 0.282. The predicted molar refractivity (Wildman–Crippen MR) is 190 cm³/mol. The summed E-state index contributed by atoms with van der Waals surface area (Å²) in [6.07, 6.45) is 4.95. The van der Waals surface area contributed by atoms with Crippen LogP contribution in [0.2, 0.25) is 0 Å². The molecular formula is C39H44N4O4. The first-order valence-corrected chi connectivity index (χ1v) is 16.4. The lowest BCUT2D eigenvalue weighted by Crippen LogP contribution is -2.30. The second kappa shape index (κ2) is 18.0. The van der Waals surface area contributed by atoms with Gasteiger partial charge in [0.25, 0.3) is 11.8 Å². The Kier molecular flexibility index (Phi) is 13.3. The second-order valence-electron chi connectivity index (χ2n) is 11.3. The first-order chi connectivity index (χ1) is 22.9. The number of amides is 4. The number of rotatable bonds is 16. The van der Waals surface area contributed by atoms with Crippen LogP contribution in [0.4, 0.5) is 22.7 Å². The molecule has 0 spiro atoms. The van der Waals surface area contributed by atoms with Crippen LogP contribution in [0.15, 0.2) is 109 Å². The predicted octanol–water partition coefficient (Wildman–Crippen LogP) is 8.33.